The number of rotatable bonds is 3. The van der Waals surface area contributed by atoms with E-state index in [1.165, 1.54) is 29.5 Å². The normalized spacial score (nSPS) is 12.7. The van der Waals surface area contributed by atoms with Crippen molar-refractivity contribution in [2.24, 2.45) is 5.84 Å². The quantitative estimate of drug-likeness (QED) is 0.667. The Bertz CT molecular complexity index is 530. The first-order valence-corrected chi connectivity index (χ1v) is 6.35. The topological polar surface area (TPSA) is 38.0 Å². The molecule has 2 nitrogen and oxygen atoms in total. The van der Waals surface area contributed by atoms with Crippen molar-refractivity contribution in [1.29, 1.82) is 0 Å². The number of hydrogen-bond donors (Lipinski definition) is 2. The Balaban J connectivity index is 2.45. The average Bonchev–Trinajstić information content (AvgIpc) is 2.71. The molecule has 0 saturated heterocycles. The van der Waals surface area contributed by atoms with Crippen molar-refractivity contribution in [3.8, 4) is 0 Å². The van der Waals surface area contributed by atoms with E-state index in [-0.39, 0.29) is 11.9 Å². The van der Waals surface area contributed by atoms with Gasteiger partial charge in [-0.25, -0.2) is 9.82 Å². The summed E-state index contributed by atoms with van der Waals surface area (Å²) < 4.78 is 13.9. The molecule has 1 aromatic heterocycles. The number of hydrazine groups is 1. The predicted octanol–water partition coefficient (Wildman–Crippen LogP) is 3.75. The van der Waals surface area contributed by atoms with Gasteiger partial charge in [0.1, 0.15) is 5.82 Å². The van der Waals surface area contributed by atoms with Crippen molar-refractivity contribution in [2.45, 2.75) is 6.04 Å². The fraction of sp³-hybridized carbons (Fsp3) is 0.0909. The Morgan fingerprint density at radius 2 is 2.00 bits per heavy atom. The highest BCUT2D eigenvalue weighted by molar-refractivity contribution is 7.16. The first-order valence-electron chi connectivity index (χ1n) is 4.78. The van der Waals surface area contributed by atoms with Gasteiger partial charge in [-0.3, -0.25) is 5.84 Å². The summed E-state index contributed by atoms with van der Waals surface area (Å²) in [6.07, 6.45) is 0. The van der Waals surface area contributed by atoms with Crippen LogP contribution in [0.2, 0.25) is 9.36 Å². The van der Waals surface area contributed by atoms with Crippen LogP contribution in [0.1, 0.15) is 16.5 Å². The second-order valence-corrected chi connectivity index (χ2v) is 5.56. The van der Waals surface area contributed by atoms with Crippen LogP contribution >= 0.6 is 34.5 Å². The number of hydrogen-bond acceptors (Lipinski definition) is 3. The summed E-state index contributed by atoms with van der Waals surface area (Å²) in [5.41, 5.74) is 3.21. The number of nitrogens with two attached hydrogens (primary N) is 1. The van der Waals surface area contributed by atoms with E-state index >= 15 is 0 Å². The van der Waals surface area contributed by atoms with E-state index < -0.39 is 0 Å². The molecular formula is C11H9Cl2FN2S. The van der Waals surface area contributed by atoms with Gasteiger partial charge in [-0.05, 0) is 35.9 Å². The fourth-order valence-electron chi connectivity index (χ4n) is 1.54. The van der Waals surface area contributed by atoms with Gasteiger partial charge in [-0.2, -0.15) is 0 Å². The van der Waals surface area contributed by atoms with Crippen LogP contribution in [0.5, 0.6) is 0 Å². The maximum atomic E-state index is 13.2. The van der Waals surface area contributed by atoms with Crippen LogP contribution < -0.4 is 11.3 Å². The molecule has 0 fully saturated rings. The Hall–Kier alpha value is -0.650. The Kier molecular flexibility index (Phi) is 4.01. The van der Waals surface area contributed by atoms with E-state index in [2.05, 4.69) is 5.43 Å². The summed E-state index contributed by atoms with van der Waals surface area (Å²) in [4.78, 5) is 0.880. The highest BCUT2D eigenvalue weighted by atomic mass is 35.5. The molecule has 0 spiro atoms. The molecule has 3 N–H and O–H groups in total. The van der Waals surface area contributed by atoms with E-state index in [4.69, 9.17) is 29.0 Å². The molecule has 0 radical (unpaired) electrons. The van der Waals surface area contributed by atoms with Gasteiger partial charge in [0.25, 0.3) is 0 Å². The van der Waals surface area contributed by atoms with Crippen LogP contribution in [0.15, 0.2) is 30.3 Å². The molecule has 1 aromatic carbocycles. The highest BCUT2D eigenvalue weighted by Gasteiger charge is 2.18. The first-order chi connectivity index (χ1) is 8.11. The molecule has 0 amide bonds. The van der Waals surface area contributed by atoms with Crippen molar-refractivity contribution in [2.75, 3.05) is 0 Å². The van der Waals surface area contributed by atoms with Gasteiger partial charge in [0.2, 0.25) is 0 Å². The molecule has 0 saturated carbocycles. The van der Waals surface area contributed by atoms with Crippen LogP contribution in [0.3, 0.4) is 0 Å². The second-order valence-electron chi connectivity index (χ2n) is 3.41. The molecule has 2 aromatic rings. The van der Waals surface area contributed by atoms with Gasteiger partial charge in [-0.15, -0.1) is 11.3 Å². The van der Waals surface area contributed by atoms with Crippen molar-refractivity contribution < 1.29 is 4.39 Å². The molecule has 0 aliphatic carbocycles. The zero-order valence-electron chi connectivity index (χ0n) is 8.58. The first kappa shape index (κ1) is 12.8. The molecule has 0 aliphatic heterocycles. The van der Waals surface area contributed by atoms with Crippen molar-refractivity contribution in [3.05, 3.63) is 55.9 Å². The summed E-state index contributed by atoms with van der Waals surface area (Å²) in [5.74, 6) is 5.14. The molecular weight excluding hydrogens is 282 g/mol. The highest BCUT2D eigenvalue weighted by Crippen LogP contribution is 2.33. The summed E-state index contributed by atoms with van der Waals surface area (Å²) in [7, 11) is 0. The lowest BCUT2D eigenvalue weighted by atomic mass is 10.1. The maximum absolute atomic E-state index is 13.2. The van der Waals surface area contributed by atoms with Gasteiger partial charge in [0.05, 0.1) is 10.4 Å². The van der Waals surface area contributed by atoms with Gasteiger partial charge in [-0.1, -0.05) is 23.2 Å². The van der Waals surface area contributed by atoms with Crippen LogP contribution in [0.25, 0.3) is 0 Å². The smallest absolute Gasteiger partial charge is 0.123 e. The molecule has 6 heteroatoms. The third-order valence-electron chi connectivity index (χ3n) is 2.31. The summed E-state index contributed by atoms with van der Waals surface area (Å²) >= 11 is 13.3. The van der Waals surface area contributed by atoms with Crippen molar-refractivity contribution in [1.82, 2.24) is 5.43 Å². The Morgan fingerprint density at radius 3 is 2.59 bits per heavy atom. The molecule has 90 valence electrons. The zero-order valence-corrected chi connectivity index (χ0v) is 10.9. The largest absolute Gasteiger partial charge is 0.271 e. The van der Waals surface area contributed by atoms with E-state index in [1.807, 2.05) is 6.07 Å². The second kappa shape index (κ2) is 5.33. The van der Waals surface area contributed by atoms with Crippen LogP contribution in [-0.4, -0.2) is 0 Å². The van der Waals surface area contributed by atoms with Gasteiger partial charge in [0.15, 0.2) is 0 Å². The van der Waals surface area contributed by atoms with E-state index in [0.29, 0.717) is 14.9 Å². The van der Waals surface area contributed by atoms with Crippen molar-refractivity contribution in [3.63, 3.8) is 0 Å². The third-order valence-corrected chi connectivity index (χ3v) is 3.95. The van der Waals surface area contributed by atoms with E-state index in [1.54, 1.807) is 6.07 Å². The zero-order chi connectivity index (χ0) is 12.4. The van der Waals surface area contributed by atoms with E-state index in [0.717, 1.165) is 4.88 Å². The molecule has 1 heterocycles. The standard InChI is InChI=1S/C11H9Cl2FN2S/c12-8-2-1-6(14)5-7(8)11(16-15)9-3-4-10(13)17-9/h1-5,11,16H,15H2. The van der Waals surface area contributed by atoms with Crippen LogP contribution in [-0.2, 0) is 0 Å². The Labute approximate surface area is 112 Å². The monoisotopic (exact) mass is 290 g/mol. The number of nitrogens with one attached hydrogen (secondary N) is 1. The molecule has 2 rings (SSSR count). The molecule has 0 bridgehead atoms. The predicted molar refractivity (Wildman–Crippen MR) is 69.9 cm³/mol. The van der Waals surface area contributed by atoms with Gasteiger partial charge >= 0.3 is 0 Å². The fourth-order valence-corrected chi connectivity index (χ4v) is 2.91. The van der Waals surface area contributed by atoms with Gasteiger partial charge in [0, 0.05) is 9.90 Å². The lowest BCUT2D eigenvalue weighted by Gasteiger charge is -2.16. The summed E-state index contributed by atoms with van der Waals surface area (Å²) in [6, 6.07) is 7.40. The molecule has 0 aliphatic rings. The molecule has 1 unspecified atom stereocenters. The Morgan fingerprint density at radius 1 is 1.24 bits per heavy atom. The van der Waals surface area contributed by atoms with E-state index in [9.17, 15) is 4.39 Å². The van der Waals surface area contributed by atoms with Crippen LogP contribution in [0.4, 0.5) is 4.39 Å². The lowest BCUT2D eigenvalue weighted by molar-refractivity contribution is 0.609. The summed E-state index contributed by atoms with van der Waals surface area (Å²) in [5, 5.41) is 0.457. The minimum atomic E-state index is -0.365. The minimum absolute atomic E-state index is 0.354. The summed E-state index contributed by atoms with van der Waals surface area (Å²) in [6.45, 7) is 0. The lowest BCUT2D eigenvalue weighted by Crippen LogP contribution is -2.28. The molecule has 1 atom stereocenters. The van der Waals surface area contributed by atoms with Crippen LogP contribution in [0, 0.1) is 5.82 Å². The maximum Gasteiger partial charge on any atom is 0.123 e. The molecule has 17 heavy (non-hydrogen) atoms. The number of thiophene rings is 1. The number of benzene rings is 1. The minimum Gasteiger partial charge on any atom is -0.271 e. The van der Waals surface area contributed by atoms with Crippen molar-refractivity contribution >= 4 is 34.5 Å². The third kappa shape index (κ3) is 2.78. The SMILES string of the molecule is NNC(c1ccc(Cl)s1)c1cc(F)ccc1Cl. The van der Waals surface area contributed by atoms with Gasteiger partial charge < -0.3 is 0 Å². The average molecular weight is 291 g/mol. The number of halogens is 3.